The van der Waals surface area contributed by atoms with Gasteiger partial charge in [-0.05, 0) is 44.5 Å². The Morgan fingerprint density at radius 2 is 1.93 bits per heavy atom. The Bertz CT molecular complexity index is 901. The average molecular weight is 426 g/mol. The molecule has 0 unspecified atom stereocenters. The molecule has 0 aliphatic carbocycles. The number of rotatable bonds is 8. The standard InChI is InChI=1S/C20H25F3N4O3/c1-19(2,23)10-20(3,24)11-30-17-14(16(21)22)7-13(9-26-17)12-5-6-25-15(8-12)27(4)18(28)29/h5-9,16H,10-11,24H2,1-4H3,(H,28,29)/t20-/m0/s1. The number of carbonyl (C=O) groups is 1. The van der Waals surface area contributed by atoms with Crippen LogP contribution in [0.3, 0.4) is 0 Å². The molecule has 164 valence electrons. The molecule has 30 heavy (non-hydrogen) atoms. The van der Waals surface area contributed by atoms with Crippen molar-refractivity contribution in [3.05, 3.63) is 36.2 Å². The number of nitrogens with two attached hydrogens (primary N) is 1. The van der Waals surface area contributed by atoms with Crippen molar-refractivity contribution in [3.63, 3.8) is 0 Å². The number of pyridine rings is 2. The fourth-order valence-corrected chi connectivity index (χ4v) is 3.03. The van der Waals surface area contributed by atoms with Gasteiger partial charge in [0.15, 0.2) is 0 Å². The number of hydrogen-bond acceptors (Lipinski definition) is 5. The molecular weight excluding hydrogens is 401 g/mol. The lowest BCUT2D eigenvalue weighted by Gasteiger charge is -2.29. The molecule has 2 rings (SSSR count). The first-order chi connectivity index (χ1) is 13.8. The molecule has 1 amide bonds. The number of hydrogen-bond donors (Lipinski definition) is 2. The highest BCUT2D eigenvalue weighted by Gasteiger charge is 2.30. The van der Waals surface area contributed by atoms with Crippen LogP contribution in [-0.2, 0) is 0 Å². The van der Waals surface area contributed by atoms with E-state index in [1.54, 1.807) is 13.0 Å². The van der Waals surface area contributed by atoms with Crippen molar-refractivity contribution in [2.45, 2.75) is 44.8 Å². The van der Waals surface area contributed by atoms with Crippen LogP contribution in [0, 0.1) is 0 Å². The number of carboxylic acid groups (broad SMARTS) is 1. The van der Waals surface area contributed by atoms with E-state index in [9.17, 15) is 18.0 Å². The van der Waals surface area contributed by atoms with E-state index in [4.69, 9.17) is 15.6 Å². The van der Waals surface area contributed by atoms with E-state index < -0.39 is 29.3 Å². The Morgan fingerprint density at radius 3 is 2.50 bits per heavy atom. The molecule has 0 saturated heterocycles. The van der Waals surface area contributed by atoms with Crippen LogP contribution < -0.4 is 15.4 Å². The summed E-state index contributed by atoms with van der Waals surface area (Å²) < 4.78 is 46.5. The molecule has 0 aliphatic rings. The van der Waals surface area contributed by atoms with E-state index >= 15 is 0 Å². The van der Waals surface area contributed by atoms with E-state index in [-0.39, 0.29) is 24.7 Å². The van der Waals surface area contributed by atoms with Gasteiger partial charge in [0.2, 0.25) is 5.88 Å². The van der Waals surface area contributed by atoms with Crippen LogP contribution in [-0.4, -0.2) is 46.0 Å². The predicted molar refractivity (Wildman–Crippen MR) is 107 cm³/mol. The molecular formula is C20H25F3N4O3. The van der Waals surface area contributed by atoms with E-state index in [1.165, 1.54) is 45.4 Å². The summed E-state index contributed by atoms with van der Waals surface area (Å²) in [5.41, 5.74) is 3.74. The first-order valence-corrected chi connectivity index (χ1v) is 9.11. The van der Waals surface area contributed by atoms with Crippen molar-refractivity contribution in [2.75, 3.05) is 18.6 Å². The molecule has 0 bridgehead atoms. The molecule has 7 nitrogen and oxygen atoms in total. The third kappa shape index (κ3) is 6.31. The minimum absolute atomic E-state index is 0.0288. The lowest BCUT2D eigenvalue weighted by molar-refractivity contribution is 0.114. The first kappa shape index (κ1) is 23.4. The molecule has 0 aromatic carbocycles. The molecule has 1 atom stereocenters. The molecule has 0 radical (unpaired) electrons. The summed E-state index contributed by atoms with van der Waals surface area (Å²) >= 11 is 0. The van der Waals surface area contributed by atoms with Gasteiger partial charge in [0.05, 0.1) is 11.1 Å². The zero-order valence-corrected chi connectivity index (χ0v) is 17.2. The lowest BCUT2D eigenvalue weighted by Crippen LogP contribution is -2.46. The monoisotopic (exact) mass is 426 g/mol. The zero-order valence-electron chi connectivity index (χ0n) is 17.2. The zero-order chi connectivity index (χ0) is 22.7. The second-order valence-corrected chi connectivity index (χ2v) is 8.00. The van der Waals surface area contributed by atoms with Crippen molar-refractivity contribution in [1.82, 2.24) is 9.97 Å². The summed E-state index contributed by atoms with van der Waals surface area (Å²) in [6.07, 6.45) is -1.42. The Morgan fingerprint density at radius 1 is 1.27 bits per heavy atom. The summed E-state index contributed by atoms with van der Waals surface area (Å²) in [5, 5.41) is 9.07. The topological polar surface area (TPSA) is 102 Å². The number of amides is 1. The van der Waals surface area contributed by atoms with Gasteiger partial charge in [0.25, 0.3) is 6.43 Å². The molecule has 0 spiro atoms. The minimum atomic E-state index is -2.88. The number of nitrogens with zero attached hydrogens (tertiary/aromatic N) is 3. The van der Waals surface area contributed by atoms with Crippen LogP contribution in [0.5, 0.6) is 5.88 Å². The van der Waals surface area contributed by atoms with Crippen LogP contribution in [0.4, 0.5) is 23.8 Å². The maximum atomic E-state index is 13.9. The molecule has 0 saturated carbocycles. The predicted octanol–water partition coefficient (Wildman–Crippen LogP) is 4.43. The second kappa shape index (κ2) is 8.86. The van der Waals surface area contributed by atoms with Gasteiger partial charge in [-0.3, -0.25) is 4.90 Å². The van der Waals surface area contributed by atoms with E-state index in [2.05, 4.69) is 9.97 Å². The third-order valence-electron chi connectivity index (χ3n) is 4.19. The van der Waals surface area contributed by atoms with Gasteiger partial charge < -0.3 is 15.6 Å². The molecule has 10 heteroatoms. The number of alkyl halides is 3. The highest BCUT2D eigenvalue weighted by atomic mass is 19.3. The van der Waals surface area contributed by atoms with E-state index in [0.717, 1.165) is 4.90 Å². The fourth-order valence-electron chi connectivity index (χ4n) is 3.03. The van der Waals surface area contributed by atoms with E-state index in [0.29, 0.717) is 11.1 Å². The number of aromatic nitrogens is 2. The minimum Gasteiger partial charge on any atom is -0.475 e. The Labute approximate surface area is 172 Å². The van der Waals surface area contributed by atoms with Gasteiger partial charge in [0.1, 0.15) is 18.1 Å². The van der Waals surface area contributed by atoms with Crippen molar-refractivity contribution >= 4 is 11.9 Å². The highest BCUT2D eigenvalue weighted by molar-refractivity contribution is 5.85. The summed E-state index contributed by atoms with van der Waals surface area (Å²) in [6.45, 7) is 4.12. The Hall–Kier alpha value is -2.88. The van der Waals surface area contributed by atoms with E-state index in [1.807, 2.05) is 0 Å². The maximum Gasteiger partial charge on any atom is 0.412 e. The van der Waals surface area contributed by atoms with Crippen LogP contribution in [0.2, 0.25) is 0 Å². The third-order valence-corrected chi connectivity index (χ3v) is 4.19. The number of anilines is 1. The first-order valence-electron chi connectivity index (χ1n) is 9.11. The van der Waals surface area contributed by atoms with Gasteiger partial charge in [-0.2, -0.15) is 0 Å². The molecule has 2 heterocycles. The average Bonchev–Trinajstić information content (AvgIpc) is 2.63. The lowest BCUT2D eigenvalue weighted by atomic mass is 9.91. The summed E-state index contributed by atoms with van der Waals surface area (Å²) in [5.74, 6) is -0.161. The Kier molecular flexibility index (Phi) is 6.91. The summed E-state index contributed by atoms with van der Waals surface area (Å²) in [4.78, 5) is 19.9. The SMILES string of the molecule is CN(C(=O)O)c1cc(-c2cnc(OC[C@@](C)(N)CC(C)(C)F)c(C(F)F)c2)ccn1. The van der Waals surface area contributed by atoms with Gasteiger partial charge in [-0.1, -0.05) is 0 Å². The molecule has 0 fully saturated rings. The highest BCUT2D eigenvalue weighted by Crippen LogP contribution is 2.33. The van der Waals surface area contributed by atoms with Crippen LogP contribution in [0.15, 0.2) is 30.6 Å². The smallest absolute Gasteiger partial charge is 0.412 e. The summed E-state index contributed by atoms with van der Waals surface area (Å²) in [7, 11) is 1.32. The van der Waals surface area contributed by atoms with Crippen molar-refractivity contribution in [2.24, 2.45) is 5.73 Å². The van der Waals surface area contributed by atoms with Gasteiger partial charge in [-0.15, -0.1) is 0 Å². The maximum absolute atomic E-state index is 13.9. The van der Waals surface area contributed by atoms with Crippen molar-refractivity contribution < 1.29 is 27.8 Å². The molecule has 2 aromatic heterocycles. The number of ether oxygens (including phenoxy) is 1. The largest absolute Gasteiger partial charge is 0.475 e. The van der Waals surface area contributed by atoms with Crippen LogP contribution >= 0.6 is 0 Å². The van der Waals surface area contributed by atoms with Gasteiger partial charge in [-0.25, -0.2) is 27.9 Å². The normalized spacial score (nSPS) is 13.8. The summed E-state index contributed by atoms with van der Waals surface area (Å²) in [6, 6.07) is 4.20. The van der Waals surface area contributed by atoms with Crippen molar-refractivity contribution in [1.29, 1.82) is 0 Å². The molecule has 0 aliphatic heterocycles. The quantitative estimate of drug-likeness (QED) is 0.648. The van der Waals surface area contributed by atoms with Gasteiger partial charge >= 0.3 is 6.09 Å². The molecule has 3 N–H and O–H groups in total. The van der Waals surface area contributed by atoms with Gasteiger partial charge in [0, 0.05) is 31.4 Å². The fraction of sp³-hybridized carbons (Fsp3) is 0.450. The van der Waals surface area contributed by atoms with Crippen LogP contribution in [0.25, 0.3) is 11.1 Å². The van der Waals surface area contributed by atoms with Crippen LogP contribution in [0.1, 0.15) is 39.2 Å². The number of halogens is 3. The molecule has 2 aromatic rings. The Balaban J connectivity index is 2.30. The van der Waals surface area contributed by atoms with Crippen molar-refractivity contribution in [3.8, 4) is 17.0 Å². The second-order valence-electron chi connectivity index (χ2n) is 8.00.